The molecule has 0 aliphatic heterocycles. The van der Waals surface area contributed by atoms with Crippen molar-refractivity contribution in [3.8, 4) is 17.2 Å². The van der Waals surface area contributed by atoms with Gasteiger partial charge in [-0.05, 0) is 13.0 Å². The van der Waals surface area contributed by atoms with Gasteiger partial charge in [0.1, 0.15) is 22.8 Å². The second kappa shape index (κ2) is 8.75. The highest BCUT2D eigenvalue weighted by Gasteiger charge is 2.48. The molecule has 2 aliphatic rings. The molecule has 9 nitrogen and oxygen atoms in total. The first-order chi connectivity index (χ1) is 15.2. The molecular weight excluding hydrogens is 454 g/mol. The summed E-state index contributed by atoms with van der Waals surface area (Å²) in [6, 6.07) is 4.48. The van der Waals surface area contributed by atoms with E-state index in [-0.39, 0.29) is 77.5 Å². The number of carbonyl (C=O) groups excluding carboxylic acids is 3. The number of methoxy groups -OCH3 is 1. The Hall–Kier alpha value is -2.98. The summed E-state index contributed by atoms with van der Waals surface area (Å²) in [6.45, 7) is 1.38. The lowest BCUT2D eigenvalue weighted by Crippen LogP contribution is -2.45. The van der Waals surface area contributed by atoms with Crippen LogP contribution in [0.15, 0.2) is 18.2 Å². The number of benzene rings is 2. The fourth-order valence-electron chi connectivity index (χ4n) is 4.54. The zero-order chi connectivity index (χ0) is 23.4. The highest BCUT2D eigenvalue weighted by atomic mass is 35.5. The lowest BCUT2D eigenvalue weighted by Gasteiger charge is -2.38. The third kappa shape index (κ3) is 3.57. The molecule has 2 atom stereocenters. The zero-order valence-corrected chi connectivity index (χ0v) is 18.8. The number of hydrogen-bond acceptors (Lipinski definition) is 9. The molecule has 0 bridgehead atoms. The van der Waals surface area contributed by atoms with Crippen LogP contribution in [0.2, 0.25) is 0 Å². The number of fused-ring (bicyclic) bond motifs is 3. The van der Waals surface area contributed by atoms with Crippen molar-refractivity contribution in [3.05, 3.63) is 51.6 Å². The molecule has 4 rings (SSSR count). The Kier molecular flexibility index (Phi) is 6.54. The molecular formula is C23H24ClNO8. The highest BCUT2D eigenvalue weighted by Crippen LogP contribution is 2.51. The molecule has 0 fully saturated rings. The van der Waals surface area contributed by atoms with Crippen molar-refractivity contribution in [2.24, 2.45) is 5.73 Å². The second-order valence-electron chi connectivity index (χ2n) is 8.00. The largest absolute Gasteiger partial charge is 0.507 e. The van der Waals surface area contributed by atoms with Gasteiger partial charge in [-0.25, -0.2) is 0 Å². The van der Waals surface area contributed by atoms with Gasteiger partial charge in [0.05, 0.1) is 36.5 Å². The highest BCUT2D eigenvalue weighted by molar-refractivity contribution is 6.31. The van der Waals surface area contributed by atoms with E-state index in [0.717, 1.165) is 0 Å². The van der Waals surface area contributed by atoms with E-state index < -0.39 is 40.6 Å². The summed E-state index contributed by atoms with van der Waals surface area (Å²) in [4.78, 5) is 38.8. The van der Waals surface area contributed by atoms with Gasteiger partial charge in [-0.3, -0.25) is 14.4 Å². The zero-order valence-electron chi connectivity index (χ0n) is 18.0. The van der Waals surface area contributed by atoms with Crippen LogP contribution < -0.4 is 10.5 Å². The third-order valence-corrected chi connectivity index (χ3v) is 6.17. The minimum Gasteiger partial charge on any atom is -0.507 e. The van der Waals surface area contributed by atoms with Gasteiger partial charge in [-0.1, -0.05) is 12.1 Å². The first-order valence-corrected chi connectivity index (χ1v) is 10.1. The van der Waals surface area contributed by atoms with Crippen LogP contribution in [-0.4, -0.2) is 58.5 Å². The van der Waals surface area contributed by atoms with Crippen LogP contribution in [0.25, 0.3) is 0 Å². The summed E-state index contributed by atoms with van der Waals surface area (Å²) in [7, 11) is 1.35. The fourth-order valence-corrected chi connectivity index (χ4v) is 4.54. The summed E-state index contributed by atoms with van der Waals surface area (Å²) in [5.41, 5.74) is 2.94. The molecule has 176 valence electrons. The molecule has 2 aliphatic carbocycles. The van der Waals surface area contributed by atoms with E-state index in [1.54, 1.807) is 0 Å². The van der Waals surface area contributed by atoms with E-state index >= 15 is 0 Å². The lowest BCUT2D eigenvalue weighted by atomic mass is 9.72. The van der Waals surface area contributed by atoms with Crippen LogP contribution >= 0.6 is 12.4 Å². The Bertz CT molecular complexity index is 1180. The van der Waals surface area contributed by atoms with Crippen molar-refractivity contribution in [2.45, 2.75) is 31.5 Å². The van der Waals surface area contributed by atoms with Crippen LogP contribution in [0.4, 0.5) is 0 Å². The van der Waals surface area contributed by atoms with Gasteiger partial charge in [0.2, 0.25) is 5.78 Å². The molecule has 0 spiro atoms. The molecule has 2 aromatic carbocycles. The smallest absolute Gasteiger partial charge is 0.202 e. The van der Waals surface area contributed by atoms with Crippen molar-refractivity contribution in [3.63, 3.8) is 0 Å². The summed E-state index contributed by atoms with van der Waals surface area (Å²) in [5.74, 6) is -2.87. The maximum Gasteiger partial charge on any atom is 0.202 e. The Labute approximate surface area is 195 Å². The number of Topliss-reactive ketones (excluding diaryl/α,β-unsaturated/α-hetero) is 1. The lowest BCUT2D eigenvalue weighted by molar-refractivity contribution is -0.141. The van der Waals surface area contributed by atoms with Crippen LogP contribution in [0.5, 0.6) is 17.2 Å². The number of phenolic OH excluding ortho intramolecular Hbond substituents is 2. The van der Waals surface area contributed by atoms with Gasteiger partial charge < -0.3 is 30.5 Å². The van der Waals surface area contributed by atoms with Gasteiger partial charge >= 0.3 is 0 Å². The van der Waals surface area contributed by atoms with Crippen molar-refractivity contribution >= 4 is 29.8 Å². The number of nitrogens with two attached hydrogens (primary N) is 1. The van der Waals surface area contributed by atoms with Gasteiger partial charge in [-0.15, -0.1) is 12.4 Å². The molecule has 0 amide bonds. The van der Waals surface area contributed by atoms with Crippen molar-refractivity contribution in [1.29, 1.82) is 0 Å². The molecule has 33 heavy (non-hydrogen) atoms. The van der Waals surface area contributed by atoms with Gasteiger partial charge in [0.25, 0.3) is 0 Å². The number of ketones is 3. The van der Waals surface area contributed by atoms with Crippen LogP contribution in [0, 0.1) is 0 Å². The second-order valence-corrected chi connectivity index (χ2v) is 8.00. The first kappa shape index (κ1) is 24.7. The maximum absolute atomic E-state index is 13.4. The van der Waals surface area contributed by atoms with Crippen LogP contribution in [0.3, 0.4) is 0 Å². The Morgan fingerprint density at radius 1 is 1.15 bits per heavy atom. The van der Waals surface area contributed by atoms with Crippen LogP contribution in [-0.2, 0) is 16.0 Å². The van der Waals surface area contributed by atoms with E-state index in [1.807, 2.05) is 0 Å². The summed E-state index contributed by atoms with van der Waals surface area (Å²) < 4.78 is 10.9. The minimum absolute atomic E-state index is 0. The van der Waals surface area contributed by atoms with Crippen molar-refractivity contribution < 1.29 is 39.2 Å². The number of halogens is 1. The number of aromatic hydroxyl groups is 2. The summed E-state index contributed by atoms with van der Waals surface area (Å²) in [6.07, 6.45) is -1.59. The van der Waals surface area contributed by atoms with Gasteiger partial charge in [0, 0.05) is 36.1 Å². The molecule has 5 N–H and O–H groups in total. The summed E-state index contributed by atoms with van der Waals surface area (Å²) in [5, 5.41) is 33.1. The number of aliphatic hydroxyl groups is 1. The standard InChI is InChI=1S/C23H23NO8.ClH/c1-10(25)23(30)8-12-16(14(9-23)32-7-6-24)22(29)18-17(20(12)27)19(26)11-4-3-5-13(31-2)15(11)21(18)28;/h3-5,14,27,29-30H,6-9,24H2,1-2H3;1H/t14-,23-;/m0./s1. The Morgan fingerprint density at radius 3 is 2.42 bits per heavy atom. The quantitative estimate of drug-likeness (QED) is 0.400. The minimum atomic E-state index is -1.88. The van der Waals surface area contributed by atoms with E-state index in [4.69, 9.17) is 15.2 Å². The number of rotatable bonds is 5. The monoisotopic (exact) mass is 477 g/mol. The Balaban J connectivity index is 0.00000306. The van der Waals surface area contributed by atoms with Gasteiger partial charge in [0.15, 0.2) is 11.6 Å². The Morgan fingerprint density at radius 2 is 1.82 bits per heavy atom. The number of phenols is 2. The van der Waals surface area contributed by atoms with Crippen LogP contribution in [0.1, 0.15) is 62.4 Å². The normalized spacial score (nSPS) is 20.9. The molecule has 10 heteroatoms. The molecule has 0 saturated heterocycles. The van der Waals surface area contributed by atoms with E-state index in [1.165, 1.54) is 32.2 Å². The molecule has 2 aromatic rings. The summed E-state index contributed by atoms with van der Waals surface area (Å²) >= 11 is 0. The average molecular weight is 478 g/mol. The maximum atomic E-state index is 13.4. The number of hydrogen-bond donors (Lipinski definition) is 4. The molecule has 0 saturated carbocycles. The molecule has 0 heterocycles. The fraction of sp³-hybridized carbons (Fsp3) is 0.348. The van der Waals surface area contributed by atoms with Gasteiger partial charge in [-0.2, -0.15) is 0 Å². The van der Waals surface area contributed by atoms with Crippen molar-refractivity contribution in [1.82, 2.24) is 0 Å². The molecule has 0 aromatic heterocycles. The SMILES string of the molecule is COc1cccc2c1C(=O)c1c(O)c3c(c(O)c1C2=O)C[C@@](O)(C(C)=O)C[C@@H]3OCCN.Cl. The average Bonchev–Trinajstić information content (AvgIpc) is 2.77. The van der Waals surface area contributed by atoms with E-state index in [9.17, 15) is 29.7 Å². The predicted molar refractivity (Wildman–Crippen MR) is 119 cm³/mol. The predicted octanol–water partition coefficient (Wildman–Crippen LogP) is 1.59. The van der Waals surface area contributed by atoms with E-state index in [0.29, 0.717) is 0 Å². The number of carbonyl (C=O) groups is 3. The first-order valence-electron chi connectivity index (χ1n) is 10.1. The number of ether oxygens (including phenoxy) is 2. The topological polar surface area (TPSA) is 156 Å². The molecule has 0 unspecified atom stereocenters. The molecule has 0 radical (unpaired) electrons. The third-order valence-electron chi connectivity index (χ3n) is 6.17. The van der Waals surface area contributed by atoms with E-state index in [2.05, 4.69) is 0 Å². The van der Waals surface area contributed by atoms with Crippen molar-refractivity contribution in [2.75, 3.05) is 20.3 Å².